The molecule has 0 radical (unpaired) electrons. The molecular formula is C17H24IN5OS. The number of hydrogen-bond donors (Lipinski definition) is 2. The molecule has 0 bridgehead atoms. The highest BCUT2D eigenvalue weighted by atomic mass is 127. The van der Waals surface area contributed by atoms with Gasteiger partial charge in [0.25, 0.3) is 0 Å². The maximum Gasteiger partial charge on any atom is 0.239 e. The molecule has 1 heterocycles. The molecule has 1 aromatic carbocycles. The van der Waals surface area contributed by atoms with Gasteiger partial charge < -0.3 is 15.5 Å². The topological polar surface area (TPSA) is 69.6 Å². The number of rotatable bonds is 6. The number of hydrogen-bond acceptors (Lipinski definition) is 4. The Morgan fingerprint density at radius 2 is 2.00 bits per heavy atom. The van der Waals surface area contributed by atoms with Crippen LogP contribution < -0.4 is 10.6 Å². The number of carbonyl (C=O) groups excluding carboxylic acids is 1. The molecule has 0 aliphatic rings. The summed E-state index contributed by atoms with van der Waals surface area (Å²) >= 11 is 1.63. The molecule has 0 spiro atoms. The molecular weight excluding hydrogens is 449 g/mol. The second-order valence-electron chi connectivity index (χ2n) is 5.38. The van der Waals surface area contributed by atoms with Gasteiger partial charge in [-0.2, -0.15) is 0 Å². The van der Waals surface area contributed by atoms with Crippen LogP contribution in [-0.2, 0) is 17.9 Å². The van der Waals surface area contributed by atoms with Crippen molar-refractivity contribution in [3.8, 4) is 0 Å². The Morgan fingerprint density at radius 1 is 1.28 bits per heavy atom. The van der Waals surface area contributed by atoms with Gasteiger partial charge in [0.05, 0.1) is 23.8 Å². The van der Waals surface area contributed by atoms with Crippen molar-refractivity contribution >= 4 is 47.2 Å². The van der Waals surface area contributed by atoms with Crippen LogP contribution in [0.15, 0.2) is 40.7 Å². The molecule has 0 saturated carbocycles. The lowest BCUT2D eigenvalue weighted by molar-refractivity contribution is -0.120. The van der Waals surface area contributed by atoms with Crippen LogP contribution in [0, 0.1) is 6.92 Å². The monoisotopic (exact) mass is 473 g/mol. The summed E-state index contributed by atoms with van der Waals surface area (Å²) in [7, 11) is 3.62. The minimum Gasteiger partial charge on any atom is -0.350 e. The summed E-state index contributed by atoms with van der Waals surface area (Å²) in [6, 6.07) is 9.83. The van der Waals surface area contributed by atoms with E-state index in [2.05, 4.69) is 20.6 Å². The molecule has 0 saturated heterocycles. The molecule has 1 amide bonds. The fourth-order valence-electron chi connectivity index (χ4n) is 2.20. The number of nitrogens with zero attached hydrogens (tertiary/aromatic N) is 3. The number of benzene rings is 1. The van der Waals surface area contributed by atoms with Crippen LogP contribution in [0.2, 0.25) is 0 Å². The minimum atomic E-state index is -0.0714. The molecule has 1 aromatic heterocycles. The zero-order chi connectivity index (χ0) is 17.4. The Kier molecular flexibility index (Phi) is 9.43. The molecule has 8 heteroatoms. The van der Waals surface area contributed by atoms with Gasteiger partial charge in [0.15, 0.2) is 5.96 Å². The molecule has 0 unspecified atom stereocenters. The predicted molar refractivity (Wildman–Crippen MR) is 113 cm³/mol. The minimum absolute atomic E-state index is 0. The Hall–Kier alpha value is -1.68. The highest BCUT2D eigenvalue weighted by Crippen LogP contribution is 2.09. The fourth-order valence-corrected chi connectivity index (χ4v) is 2.81. The van der Waals surface area contributed by atoms with E-state index in [1.807, 2.05) is 54.6 Å². The van der Waals surface area contributed by atoms with Crippen molar-refractivity contribution in [2.24, 2.45) is 4.99 Å². The summed E-state index contributed by atoms with van der Waals surface area (Å²) in [4.78, 5) is 22.6. The van der Waals surface area contributed by atoms with E-state index < -0.39 is 0 Å². The molecule has 2 aromatic rings. The zero-order valence-corrected chi connectivity index (χ0v) is 17.8. The average Bonchev–Trinajstić information content (AvgIpc) is 2.99. The summed E-state index contributed by atoms with van der Waals surface area (Å²) in [5, 5.41) is 9.03. The van der Waals surface area contributed by atoms with Gasteiger partial charge in [0.1, 0.15) is 0 Å². The summed E-state index contributed by atoms with van der Waals surface area (Å²) in [5.74, 6) is 0.591. The molecule has 2 rings (SSSR count). The van der Waals surface area contributed by atoms with E-state index in [0.29, 0.717) is 19.0 Å². The van der Waals surface area contributed by atoms with Gasteiger partial charge >= 0.3 is 0 Å². The van der Waals surface area contributed by atoms with Crippen molar-refractivity contribution in [3.05, 3.63) is 52.0 Å². The van der Waals surface area contributed by atoms with Crippen LogP contribution in [-0.4, -0.2) is 42.4 Å². The molecule has 0 aliphatic heterocycles. The van der Waals surface area contributed by atoms with E-state index in [4.69, 9.17) is 0 Å². The number of amides is 1. The van der Waals surface area contributed by atoms with E-state index in [1.165, 1.54) is 0 Å². The van der Waals surface area contributed by atoms with Crippen LogP contribution in [0.1, 0.15) is 16.3 Å². The summed E-state index contributed by atoms with van der Waals surface area (Å²) in [6.07, 6.45) is 0. The second kappa shape index (κ2) is 11.0. The first-order valence-electron chi connectivity index (χ1n) is 7.72. The second-order valence-corrected chi connectivity index (χ2v) is 6.44. The van der Waals surface area contributed by atoms with Crippen molar-refractivity contribution in [1.82, 2.24) is 20.5 Å². The lowest BCUT2D eigenvalue weighted by Crippen LogP contribution is -2.43. The van der Waals surface area contributed by atoms with Gasteiger partial charge in [-0.3, -0.25) is 9.79 Å². The fraction of sp³-hybridized carbons (Fsp3) is 0.353. The van der Waals surface area contributed by atoms with Gasteiger partial charge in [-0.05, 0) is 12.5 Å². The summed E-state index contributed by atoms with van der Waals surface area (Å²) < 4.78 is 0. The predicted octanol–water partition coefficient (Wildman–Crippen LogP) is 2.39. The normalized spacial score (nSPS) is 10.8. The quantitative estimate of drug-likeness (QED) is 0.384. The van der Waals surface area contributed by atoms with Crippen LogP contribution in [0.4, 0.5) is 0 Å². The third-order valence-corrected chi connectivity index (χ3v) is 4.20. The number of aliphatic imine (C=N–C) groups is 1. The highest BCUT2D eigenvalue weighted by molar-refractivity contribution is 14.0. The standard InChI is InChI=1S/C17H23N5OS.HI/c1-13-21-15(12-24-13)11-22(3)17(18-2)20-10-16(23)19-9-14-7-5-4-6-8-14;/h4-8,12H,9-11H2,1-3H3,(H,18,20)(H,19,23);1H. The molecule has 136 valence electrons. The molecule has 25 heavy (non-hydrogen) atoms. The van der Waals surface area contributed by atoms with Gasteiger partial charge in [-0.1, -0.05) is 30.3 Å². The van der Waals surface area contributed by atoms with Crippen LogP contribution >= 0.6 is 35.3 Å². The largest absolute Gasteiger partial charge is 0.350 e. The molecule has 2 N–H and O–H groups in total. The van der Waals surface area contributed by atoms with Crippen LogP contribution in [0.3, 0.4) is 0 Å². The third-order valence-electron chi connectivity index (χ3n) is 3.38. The van der Waals surface area contributed by atoms with E-state index >= 15 is 0 Å². The SMILES string of the molecule is CN=C(NCC(=O)NCc1ccccc1)N(C)Cc1csc(C)n1.I. The van der Waals surface area contributed by atoms with Crippen molar-refractivity contribution in [2.45, 2.75) is 20.0 Å². The van der Waals surface area contributed by atoms with Gasteiger partial charge in [-0.15, -0.1) is 35.3 Å². The molecule has 0 fully saturated rings. The summed E-state index contributed by atoms with van der Waals surface area (Å²) in [6.45, 7) is 3.34. The van der Waals surface area contributed by atoms with Crippen LogP contribution in [0.5, 0.6) is 0 Å². The number of aryl methyl sites for hydroxylation is 1. The molecule has 0 atom stereocenters. The van der Waals surface area contributed by atoms with E-state index in [9.17, 15) is 4.79 Å². The van der Waals surface area contributed by atoms with Crippen molar-refractivity contribution in [3.63, 3.8) is 0 Å². The van der Waals surface area contributed by atoms with E-state index in [0.717, 1.165) is 16.3 Å². The van der Waals surface area contributed by atoms with E-state index in [-0.39, 0.29) is 36.4 Å². The van der Waals surface area contributed by atoms with Crippen molar-refractivity contribution < 1.29 is 4.79 Å². The van der Waals surface area contributed by atoms with Gasteiger partial charge in [0.2, 0.25) is 5.91 Å². The number of guanidine groups is 1. The Balaban J connectivity index is 0.00000312. The number of halogens is 1. The Bertz CT molecular complexity index is 689. The zero-order valence-electron chi connectivity index (χ0n) is 14.7. The smallest absolute Gasteiger partial charge is 0.239 e. The number of thiazole rings is 1. The van der Waals surface area contributed by atoms with E-state index in [1.54, 1.807) is 18.4 Å². The lowest BCUT2D eigenvalue weighted by atomic mass is 10.2. The first-order valence-corrected chi connectivity index (χ1v) is 8.60. The number of carbonyl (C=O) groups is 1. The van der Waals surface area contributed by atoms with Crippen LogP contribution in [0.25, 0.3) is 0 Å². The van der Waals surface area contributed by atoms with Crippen molar-refractivity contribution in [1.29, 1.82) is 0 Å². The third kappa shape index (κ3) is 7.39. The van der Waals surface area contributed by atoms with Gasteiger partial charge in [-0.25, -0.2) is 4.98 Å². The lowest BCUT2D eigenvalue weighted by Gasteiger charge is -2.21. The molecule has 0 aliphatic carbocycles. The number of nitrogens with one attached hydrogen (secondary N) is 2. The van der Waals surface area contributed by atoms with Gasteiger partial charge in [0, 0.05) is 26.0 Å². The highest BCUT2D eigenvalue weighted by Gasteiger charge is 2.10. The number of aromatic nitrogens is 1. The Morgan fingerprint density at radius 3 is 2.60 bits per heavy atom. The first-order chi connectivity index (χ1) is 11.6. The first kappa shape index (κ1) is 21.4. The molecule has 6 nitrogen and oxygen atoms in total. The maximum absolute atomic E-state index is 12.0. The maximum atomic E-state index is 12.0. The van der Waals surface area contributed by atoms with Crippen molar-refractivity contribution in [2.75, 3.05) is 20.6 Å². The average molecular weight is 473 g/mol. The Labute approximate surface area is 169 Å². The summed E-state index contributed by atoms with van der Waals surface area (Å²) in [5.41, 5.74) is 2.07.